The first-order valence-corrected chi connectivity index (χ1v) is 10.1. The minimum Gasteiger partial charge on any atom is -0.395 e. The number of benzene rings is 2. The van der Waals surface area contributed by atoms with Crippen molar-refractivity contribution in [2.24, 2.45) is 11.8 Å². The van der Waals surface area contributed by atoms with Crippen molar-refractivity contribution in [1.82, 2.24) is 9.80 Å². The third-order valence-electron chi connectivity index (χ3n) is 6.71. The Morgan fingerprint density at radius 2 is 1.10 bits per heavy atom. The fourth-order valence-corrected chi connectivity index (χ4v) is 5.61. The Morgan fingerprint density at radius 1 is 0.724 bits per heavy atom. The molecule has 2 aromatic carbocycles. The minimum absolute atomic E-state index is 0.0921. The van der Waals surface area contributed by atoms with Gasteiger partial charge < -0.3 is 10.2 Å². The van der Waals surface area contributed by atoms with Crippen molar-refractivity contribution < 1.29 is 19.8 Å². The number of carbonyl (C=O) groups is 2. The maximum absolute atomic E-state index is 13.5. The summed E-state index contributed by atoms with van der Waals surface area (Å²) in [6.45, 7) is 0.537. The van der Waals surface area contributed by atoms with E-state index in [1.165, 1.54) is 4.90 Å². The molecular weight excluding hydrogens is 368 g/mol. The molecule has 0 aromatic heterocycles. The van der Waals surface area contributed by atoms with Crippen LogP contribution in [-0.4, -0.2) is 64.8 Å². The molecule has 6 rings (SSSR count). The fraction of sp³-hybridized carbons (Fsp3) is 0.391. The van der Waals surface area contributed by atoms with Crippen LogP contribution in [-0.2, 0) is 9.59 Å². The van der Waals surface area contributed by atoms with Gasteiger partial charge in [0.15, 0.2) is 0 Å². The number of aliphatic hydroxyl groups is 2. The van der Waals surface area contributed by atoms with Crippen LogP contribution < -0.4 is 0 Å². The average molecular weight is 392 g/mol. The quantitative estimate of drug-likeness (QED) is 0.721. The molecule has 0 radical (unpaired) electrons. The van der Waals surface area contributed by atoms with Crippen molar-refractivity contribution in [2.45, 2.75) is 11.8 Å². The summed E-state index contributed by atoms with van der Waals surface area (Å²) in [5.41, 5.74) is 4.62. The second kappa shape index (κ2) is 7.06. The highest BCUT2D eigenvalue weighted by Gasteiger charge is 2.61. The lowest BCUT2D eigenvalue weighted by molar-refractivity contribution is -0.142. The topological polar surface area (TPSA) is 81.1 Å². The SMILES string of the molecule is O=C1C2C3c4ccccc4C(c4ccccc43)C2C(=O)N1CN(CCO)CCO. The van der Waals surface area contributed by atoms with E-state index in [2.05, 4.69) is 24.3 Å². The maximum Gasteiger partial charge on any atom is 0.235 e. The Kier molecular flexibility index (Phi) is 4.50. The molecule has 0 spiro atoms. The van der Waals surface area contributed by atoms with Crippen LogP contribution in [0, 0.1) is 11.8 Å². The number of amides is 2. The molecular formula is C23H24N2O4. The molecule has 2 aromatic rings. The highest BCUT2D eigenvalue weighted by atomic mass is 16.3. The van der Waals surface area contributed by atoms with Crippen LogP contribution in [0.1, 0.15) is 34.1 Å². The van der Waals surface area contributed by atoms with Crippen LogP contribution in [0.4, 0.5) is 0 Å². The molecule has 6 nitrogen and oxygen atoms in total. The largest absolute Gasteiger partial charge is 0.395 e. The van der Waals surface area contributed by atoms with Gasteiger partial charge >= 0.3 is 0 Å². The Balaban J connectivity index is 1.57. The first kappa shape index (κ1) is 18.5. The van der Waals surface area contributed by atoms with Crippen LogP contribution in [0.5, 0.6) is 0 Å². The van der Waals surface area contributed by atoms with Crippen molar-refractivity contribution in [1.29, 1.82) is 0 Å². The molecule has 0 saturated carbocycles. The number of likely N-dealkylation sites (tertiary alicyclic amines) is 1. The molecule has 4 aliphatic rings. The van der Waals surface area contributed by atoms with Crippen LogP contribution in [0.25, 0.3) is 0 Å². The molecule has 2 unspecified atom stereocenters. The van der Waals surface area contributed by atoms with E-state index < -0.39 is 0 Å². The van der Waals surface area contributed by atoms with Crippen LogP contribution in [0.2, 0.25) is 0 Å². The van der Waals surface area contributed by atoms with Gasteiger partial charge in [-0.1, -0.05) is 48.5 Å². The predicted octanol–water partition coefficient (Wildman–Crippen LogP) is 1.12. The molecule has 1 saturated heterocycles. The first-order valence-electron chi connectivity index (χ1n) is 10.1. The summed E-state index contributed by atoms with van der Waals surface area (Å²) in [6.07, 6.45) is 0. The van der Waals surface area contributed by atoms with E-state index in [9.17, 15) is 19.8 Å². The number of imide groups is 1. The van der Waals surface area contributed by atoms with Gasteiger partial charge in [-0.2, -0.15) is 0 Å². The summed E-state index contributed by atoms with van der Waals surface area (Å²) >= 11 is 0. The molecule has 2 N–H and O–H groups in total. The van der Waals surface area contributed by atoms with E-state index in [1.54, 1.807) is 4.90 Å². The van der Waals surface area contributed by atoms with Crippen molar-refractivity contribution in [3.63, 3.8) is 0 Å². The van der Waals surface area contributed by atoms with E-state index >= 15 is 0 Å². The zero-order valence-corrected chi connectivity index (χ0v) is 16.1. The summed E-state index contributed by atoms with van der Waals surface area (Å²) in [4.78, 5) is 30.0. The number of rotatable bonds is 6. The summed E-state index contributed by atoms with van der Waals surface area (Å²) in [7, 11) is 0. The third-order valence-corrected chi connectivity index (χ3v) is 6.71. The number of nitrogens with zero attached hydrogens (tertiary/aromatic N) is 2. The van der Waals surface area contributed by atoms with Gasteiger partial charge in [0.1, 0.15) is 0 Å². The summed E-state index contributed by atoms with van der Waals surface area (Å²) in [6, 6.07) is 16.3. The van der Waals surface area contributed by atoms with Gasteiger partial charge in [-0.15, -0.1) is 0 Å². The maximum atomic E-state index is 13.5. The molecule has 150 valence electrons. The summed E-state index contributed by atoms with van der Waals surface area (Å²) < 4.78 is 0. The molecule has 1 aliphatic heterocycles. The van der Waals surface area contributed by atoms with E-state index in [0.29, 0.717) is 13.1 Å². The lowest BCUT2D eigenvalue weighted by Crippen LogP contribution is -2.44. The highest BCUT2D eigenvalue weighted by Crippen LogP contribution is 2.60. The van der Waals surface area contributed by atoms with Gasteiger partial charge in [-0.25, -0.2) is 0 Å². The molecule has 6 heteroatoms. The van der Waals surface area contributed by atoms with E-state index in [0.717, 1.165) is 22.3 Å². The van der Waals surface area contributed by atoms with E-state index in [4.69, 9.17) is 0 Å². The monoisotopic (exact) mass is 392 g/mol. The van der Waals surface area contributed by atoms with Gasteiger partial charge in [-0.3, -0.25) is 19.4 Å². The van der Waals surface area contributed by atoms with Crippen molar-refractivity contribution in [3.8, 4) is 0 Å². The van der Waals surface area contributed by atoms with Crippen molar-refractivity contribution >= 4 is 11.8 Å². The number of hydrogen-bond donors (Lipinski definition) is 2. The second-order valence-corrected chi connectivity index (χ2v) is 8.08. The molecule has 29 heavy (non-hydrogen) atoms. The minimum atomic E-state index is -0.387. The van der Waals surface area contributed by atoms with Gasteiger partial charge in [-0.05, 0) is 22.3 Å². The fourth-order valence-electron chi connectivity index (χ4n) is 5.61. The third kappa shape index (κ3) is 2.60. The van der Waals surface area contributed by atoms with Gasteiger partial charge in [0, 0.05) is 24.9 Å². The van der Waals surface area contributed by atoms with Crippen LogP contribution in [0.3, 0.4) is 0 Å². The van der Waals surface area contributed by atoms with E-state index in [-0.39, 0.29) is 55.4 Å². The van der Waals surface area contributed by atoms with Gasteiger partial charge in [0.2, 0.25) is 11.8 Å². The molecule has 2 bridgehead atoms. The number of aliphatic hydroxyl groups excluding tert-OH is 2. The lowest BCUT2D eigenvalue weighted by atomic mass is 9.55. The molecule has 1 heterocycles. The first-order chi connectivity index (χ1) is 14.2. The van der Waals surface area contributed by atoms with Crippen molar-refractivity contribution in [3.05, 3.63) is 70.8 Å². The summed E-state index contributed by atoms with van der Waals surface area (Å²) in [5.74, 6) is -1.27. The van der Waals surface area contributed by atoms with Crippen LogP contribution >= 0.6 is 0 Å². The highest BCUT2D eigenvalue weighted by molar-refractivity contribution is 6.07. The Labute approximate surface area is 169 Å². The Morgan fingerprint density at radius 3 is 1.45 bits per heavy atom. The summed E-state index contributed by atoms with van der Waals surface area (Å²) in [5, 5.41) is 18.6. The zero-order valence-electron chi connectivity index (χ0n) is 16.1. The molecule has 2 atom stereocenters. The average Bonchev–Trinajstić information content (AvgIpc) is 2.99. The lowest BCUT2D eigenvalue weighted by Gasteiger charge is -2.45. The zero-order chi connectivity index (χ0) is 20.1. The van der Waals surface area contributed by atoms with Crippen LogP contribution in [0.15, 0.2) is 48.5 Å². The molecule has 3 aliphatic carbocycles. The molecule has 2 amide bonds. The second-order valence-electron chi connectivity index (χ2n) is 8.08. The van der Waals surface area contributed by atoms with Gasteiger partial charge in [0.25, 0.3) is 0 Å². The predicted molar refractivity (Wildman–Crippen MR) is 106 cm³/mol. The van der Waals surface area contributed by atoms with Gasteiger partial charge in [0.05, 0.1) is 31.7 Å². The Hall–Kier alpha value is -2.54. The number of carbonyl (C=O) groups excluding carboxylic acids is 2. The smallest absolute Gasteiger partial charge is 0.235 e. The number of hydrogen-bond acceptors (Lipinski definition) is 5. The standard InChI is InChI=1S/C23H24N2O4/c26-11-9-24(10-12-27)13-25-22(28)20-18-14-5-1-2-6-15(14)19(21(20)23(25)29)17-8-4-3-7-16(17)18/h1-8,18-21,26-27H,9-13H2. The van der Waals surface area contributed by atoms with Crippen molar-refractivity contribution in [2.75, 3.05) is 33.0 Å². The normalized spacial score (nSPS) is 26.7. The molecule has 1 fully saturated rings. The Bertz CT molecular complexity index is 853. The van der Waals surface area contributed by atoms with E-state index in [1.807, 2.05) is 24.3 Å².